The predicted molar refractivity (Wildman–Crippen MR) is 68.2 cm³/mol. The monoisotopic (exact) mass is 225 g/mol. The Morgan fingerprint density at radius 3 is 2.59 bits per heavy atom. The Balaban J connectivity index is 2.17. The summed E-state index contributed by atoms with van der Waals surface area (Å²) >= 11 is 0. The van der Waals surface area contributed by atoms with Crippen LogP contribution < -0.4 is 0 Å². The second-order valence-electron chi connectivity index (χ2n) is 4.25. The van der Waals surface area contributed by atoms with Crippen molar-refractivity contribution in [3.05, 3.63) is 65.0 Å². The minimum atomic E-state index is 0.0688. The van der Waals surface area contributed by atoms with Gasteiger partial charge < -0.3 is 0 Å². The Kier molecular flexibility index (Phi) is 3.33. The zero-order valence-corrected chi connectivity index (χ0v) is 10.1. The van der Waals surface area contributed by atoms with Gasteiger partial charge in [-0.2, -0.15) is 0 Å². The molecule has 0 atom stereocenters. The summed E-state index contributed by atoms with van der Waals surface area (Å²) in [5.74, 6) is 0.0688. The molecule has 0 radical (unpaired) electrons. The Morgan fingerprint density at radius 2 is 1.88 bits per heavy atom. The second-order valence-corrected chi connectivity index (χ2v) is 4.25. The highest BCUT2D eigenvalue weighted by atomic mass is 16.1. The molecule has 0 aliphatic rings. The van der Waals surface area contributed by atoms with Crippen LogP contribution in [0.15, 0.2) is 42.5 Å². The van der Waals surface area contributed by atoms with Crippen LogP contribution in [0.25, 0.3) is 0 Å². The maximum atomic E-state index is 12.0. The van der Waals surface area contributed by atoms with E-state index in [-0.39, 0.29) is 5.78 Å². The summed E-state index contributed by atoms with van der Waals surface area (Å²) in [6.07, 6.45) is 0.415. The molecule has 0 spiro atoms. The Bertz CT molecular complexity index is 546. The number of aryl methyl sites for hydroxylation is 2. The van der Waals surface area contributed by atoms with Crippen LogP contribution in [-0.2, 0) is 6.42 Å². The number of hydrogen-bond donors (Lipinski definition) is 0. The minimum Gasteiger partial charge on any atom is -0.292 e. The summed E-state index contributed by atoms with van der Waals surface area (Å²) in [6, 6.07) is 13.5. The molecule has 0 fully saturated rings. The summed E-state index contributed by atoms with van der Waals surface area (Å²) in [5, 5.41) is 0. The number of rotatable bonds is 3. The Hall–Kier alpha value is -1.96. The third-order valence-corrected chi connectivity index (χ3v) is 2.62. The van der Waals surface area contributed by atoms with E-state index in [9.17, 15) is 4.79 Å². The van der Waals surface area contributed by atoms with Crippen LogP contribution in [-0.4, -0.2) is 10.8 Å². The molecule has 0 saturated carbocycles. The van der Waals surface area contributed by atoms with Crippen molar-refractivity contribution in [1.29, 1.82) is 0 Å². The summed E-state index contributed by atoms with van der Waals surface area (Å²) in [7, 11) is 0. The van der Waals surface area contributed by atoms with Crippen molar-refractivity contribution in [2.75, 3.05) is 0 Å². The Morgan fingerprint density at radius 1 is 1.12 bits per heavy atom. The summed E-state index contributed by atoms with van der Waals surface area (Å²) in [5.41, 5.74) is 3.64. The van der Waals surface area contributed by atoms with E-state index < -0.39 is 0 Å². The van der Waals surface area contributed by atoms with Crippen molar-refractivity contribution in [2.24, 2.45) is 0 Å². The lowest BCUT2D eigenvalue weighted by Gasteiger charge is -2.02. The van der Waals surface area contributed by atoms with E-state index in [1.54, 1.807) is 6.07 Å². The van der Waals surface area contributed by atoms with E-state index in [1.165, 1.54) is 5.56 Å². The van der Waals surface area contributed by atoms with Crippen LogP contribution in [0.4, 0.5) is 0 Å². The zero-order valence-electron chi connectivity index (χ0n) is 10.1. The summed E-state index contributed by atoms with van der Waals surface area (Å²) in [4.78, 5) is 16.3. The number of nitrogens with zero attached hydrogens (tertiary/aromatic N) is 1. The zero-order chi connectivity index (χ0) is 12.3. The molecule has 17 heavy (non-hydrogen) atoms. The molecule has 2 heteroatoms. The van der Waals surface area contributed by atoms with Crippen LogP contribution in [0.5, 0.6) is 0 Å². The third kappa shape index (κ3) is 3.00. The number of ketones is 1. The van der Waals surface area contributed by atoms with E-state index in [1.807, 2.05) is 50.2 Å². The maximum absolute atomic E-state index is 12.0. The molecule has 0 bridgehead atoms. The summed E-state index contributed by atoms with van der Waals surface area (Å²) in [6.45, 7) is 3.92. The van der Waals surface area contributed by atoms with Crippen molar-refractivity contribution in [3.8, 4) is 0 Å². The maximum Gasteiger partial charge on any atom is 0.185 e. The number of carbonyl (C=O) groups is 1. The smallest absolute Gasteiger partial charge is 0.185 e. The molecule has 0 N–H and O–H groups in total. The molecule has 0 aliphatic heterocycles. The standard InChI is InChI=1S/C15H15NO/c1-11-5-3-7-13(9-11)10-15(17)14-8-4-6-12(2)16-14/h3-9H,10H2,1-2H3. The van der Waals surface area contributed by atoms with E-state index >= 15 is 0 Å². The molecular weight excluding hydrogens is 210 g/mol. The van der Waals surface area contributed by atoms with Crippen molar-refractivity contribution in [3.63, 3.8) is 0 Å². The van der Waals surface area contributed by atoms with Gasteiger partial charge in [-0.3, -0.25) is 9.78 Å². The third-order valence-electron chi connectivity index (χ3n) is 2.62. The molecule has 0 unspecified atom stereocenters. The lowest BCUT2D eigenvalue weighted by molar-refractivity contribution is 0.0988. The number of benzene rings is 1. The van der Waals surface area contributed by atoms with Crippen molar-refractivity contribution < 1.29 is 4.79 Å². The van der Waals surface area contributed by atoms with Crippen molar-refractivity contribution in [2.45, 2.75) is 20.3 Å². The summed E-state index contributed by atoms with van der Waals surface area (Å²) < 4.78 is 0. The fourth-order valence-electron chi connectivity index (χ4n) is 1.80. The molecule has 1 heterocycles. The van der Waals surface area contributed by atoms with Gasteiger partial charge in [0.1, 0.15) is 5.69 Å². The molecule has 1 aromatic heterocycles. The van der Waals surface area contributed by atoms with Gasteiger partial charge in [0.2, 0.25) is 0 Å². The average molecular weight is 225 g/mol. The highest BCUT2D eigenvalue weighted by Gasteiger charge is 2.08. The van der Waals surface area contributed by atoms with Crippen LogP contribution >= 0.6 is 0 Å². The van der Waals surface area contributed by atoms with E-state index in [0.717, 1.165) is 11.3 Å². The molecule has 2 rings (SSSR count). The number of pyridine rings is 1. The quantitative estimate of drug-likeness (QED) is 0.751. The van der Waals surface area contributed by atoms with Crippen LogP contribution in [0.1, 0.15) is 27.3 Å². The predicted octanol–water partition coefficient (Wildman–Crippen LogP) is 3.12. The van der Waals surface area contributed by atoms with Gasteiger partial charge in [-0.1, -0.05) is 35.9 Å². The SMILES string of the molecule is Cc1cccc(CC(=O)c2cccc(C)n2)c1. The Labute approximate surface area is 101 Å². The fraction of sp³-hybridized carbons (Fsp3) is 0.200. The first-order valence-electron chi connectivity index (χ1n) is 5.67. The van der Waals surface area contributed by atoms with E-state index in [2.05, 4.69) is 4.98 Å². The highest BCUT2D eigenvalue weighted by Crippen LogP contribution is 2.08. The van der Waals surface area contributed by atoms with Crippen molar-refractivity contribution >= 4 is 5.78 Å². The number of carbonyl (C=O) groups excluding carboxylic acids is 1. The number of Topliss-reactive ketones (excluding diaryl/α,β-unsaturated/α-hetero) is 1. The molecule has 0 amide bonds. The molecule has 86 valence electrons. The molecule has 0 aliphatic carbocycles. The normalized spacial score (nSPS) is 10.2. The van der Waals surface area contributed by atoms with Gasteiger partial charge in [-0.25, -0.2) is 0 Å². The molecule has 2 nitrogen and oxygen atoms in total. The first-order chi connectivity index (χ1) is 8.15. The molecule has 2 aromatic rings. The van der Waals surface area contributed by atoms with Gasteiger partial charge in [0, 0.05) is 12.1 Å². The van der Waals surface area contributed by atoms with E-state index in [0.29, 0.717) is 12.1 Å². The minimum absolute atomic E-state index is 0.0688. The van der Waals surface area contributed by atoms with Gasteiger partial charge in [0.05, 0.1) is 0 Å². The van der Waals surface area contributed by atoms with Crippen LogP contribution in [0, 0.1) is 13.8 Å². The van der Waals surface area contributed by atoms with Gasteiger partial charge in [-0.05, 0) is 31.5 Å². The lowest BCUT2D eigenvalue weighted by atomic mass is 10.0. The van der Waals surface area contributed by atoms with Gasteiger partial charge in [-0.15, -0.1) is 0 Å². The van der Waals surface area contributed by atoms with Crippen LogP contribution in [0.2, 0.25) is 0 Å². The average Bonchev–Trinajstić information content (AvgIpc) is 2.29. The van der Waals surface area contributed by atoms with E-state index in [4.69, 9.17) is 0 Å². The van der Waals surface area contributed by atoms with Crippen molar-refractivity contribution in [1.82, 2.24) is 4.98 Å². The highest BCUT2D eigenvalue weighted by molar-refractivity contribution is 5.95. The lowest BCUT2D eigenvalue weighted by Crippen LogP contribution is -2.06. The van der Waals surface area contributed by atoms with Crippen LogP contribution in [0.3, 0.4) is 0 Å². The fourth-order valence-corrected chi connectivity index (χ4v) is 1.80. The topological polar surface area (TPSA) is 30.0 Å². The molecule has 0 saturated heterocycles. The number of aromatic nitrogens is 1. The molecule has 1 aromatic carbocycles. The first-order valence-corrected chi connectivity index (χ1v) is 5.67. The van der Waals surface area contributed by atoms with Gasteiger partial charge >= 0.3 is 0 Å². The number of hydrogen-bond acceptors (Lipinski definition) is 2. The first kappa shape index (κ1) is 11.5. The molecular formula is C15H15NO. The second kappa shape index (κ2) is 4.91. The largest absolute Gasteiger partial charge is 0.292 e. The van der Waals surface area contributed by atoms with Gasteiger partial charge in [0.15, 0.2) is 5.78 Å². The van der Waals surface area contributed by atoms with Gasteiger partial charge in [0.25, 0.3) is 0 Å².